The Morgan fingerprint density at radius 2 is 1.86 bits per heavy atom. The van der Waals surface area contributed by atoms with Crippen molar-refractivity contribution in [3.8, 4) is 0 Å². The first-order valence-electron chi connectivity index (χ1n) is 8.07. The molecule has 1 saturated heterocycles. The minimum Gasteiger partial charge on any atom is -0.399 e. The molecule has 0 radical (unpaired) electrons. The molecule has 114 valence electrons. The minimum absolute atomic E-state index is 0.194. The maximum Gasteiger partial charge on any atom is 0.505 e. The van der Waals surface area contributed by atoms with Crippen LogP contribution in [0.1, 0.15) is 51.0 Å². The zero-order valence-corrected chi connectivity index (χ0v) is 14.3. The van der Waals surface area contributed by atoms with E-state index in [9.17, 15) is 0 Å². The molecule has 5 heteroatoms. The van der Waals surface area contributed by atoms with E-state index < -0.39 is 0 Å². The third kappa shape index (κ3) is 2.38. The van der Waals surface area contributed by atoms with Crippen molar-refractivity contribution in [2.24, 2.45) is 0 Å². The average molecular weight is 305 g/mol. The third-order valence-corrected chi connectivity index (χ3v) is 6.72. The highest BCUT2D eigenvalue weighted by atomic mass is 32.1. The normalized spacial score (nSPS) is 27.9. The standard InChI is InChI=1S/C16H24BNO2S/c1-15(2)16(3,4)20-17(19-15)14-9-11-10-18(12-5-6-12)8-7-13(11)21-14/h9,12H,5-8,10H2,1-4H3. The van der Waals surface area contributed by atoms with Crippen LogP contribution in [-0.4, -0.2) is 35.8 Å². The van der Waals surface area contributed by atoms with Gasteiger partial charge in [-0.3, -0.25) is 4.90 Å². The number of nitrogens with zero attached hydrogens (tertiary/aromatic N) is 1. The fraction of sp³-hybridized carbons (Fsp3) is 0.750. The first-order chi connectivity index (χ1) is 9.86. The Labute approximate surface area is 131 Å². The molecule has 21 heavy (non-hydrogen) atoms. The molecule has 1 saturated carbocycles. The van der Waals surface area contributed by atoms with Gasteiger partial charge in [0.15, 0.2) is 0 Å². The summed E-state index contributed by atoms with van der Waals surface area (Å²) >= 11 is 1.89. The van der Waals surface area contributed by atoms with E-state index in [0.717, 1.165) is 12.6 Å². The summed E-state index contributed by atoms with van der Waals surface area (Å²) in [4.78, 5) is 4.18. The highest BCUT2D eigenvalue weighted by Gasteiger charge is 2.52. The van der Waals surface area contributed by atoms with Gasteiger partial charge >= 0.3 is 7.12 Å². The Balaban J connectivity index is 1.55. The van der Waals surface area contributed by atoms with Crippen molar-refractivity contribution in [1.82, 2.24) is 4.90 Å². The van der Waals surface area contributed by atoms with E-state index in [1.165, 1.54) is 41.0 Å². The fourth-order valence-electron chi connectivity index (χ4n) is 3.20. The molecular formula is C16H24BNO2S. The number of hydrogen-bond donors (Lipinski definition) is 0. The largest absolute Gasteiger partial charge is 0.505 e. The van der Waals surface area contributed by atoms with Crippen molar-refractivity contribution in [3.05, 3.63) is 16.5 Å². The molecule has 3 aliphatic rings. The second kappa shape index (κ2) is 4.57. The quantitative estimate of drug-likeness (QED) is 0.784. The molecule has 1 aliphatic carbocycles. The van der Waals surface area contributed by atoms with Crippen LogP contribution in [-0.2, 0) is 22.3 Å². The van der Waals surface area contributed by atoms with E-state index in [1.54, 1.807) is 0 Å². The lowest BCUT2D eigenvalue weighted by Gasteiger charge is -2.32. The van der Waals surface area contributed by atoms with Gasteiger partial charge in [0.05, 0.1) is 11.2 Å². The van der Waals surface area contributed by atoms with Crippen molar-refractivity contribution in [3.63, 3.8) is 0 Å². The van der Waals surface area contributed by atoms with Crippen molar-refractivity contribution < 1.29 is 9.31 Å². The summed E-state index contributed by atoms with van der Waals surface area (Å²) in [5.74, 6) is 0. The van der Waals surface area contributed by atoms with E-state index in [0.29, 0.717) is 0 Å². The topological polar surface area (TPSA) is 21.7 Å². The van der Waals surface area contributed by atoms with Gasteiger partial charge in [0, 0.05) is 28.8 Å². The predicted octanol–water partition coefficient (Wildman–Crippen LogP) is 2.57. The number of thiophene rings is 1. The molecule has 1 aromatic rings. The molecule has 0 N–H and O–H groups in total. The molecule has 2 aliphatic heterocycles. The van der Waals surface area contributed by atoms with Crippen LogP contribution < -0.4 is 4.78 Å². The van der Waals surface area contributed by atoms with Crippen molar-refractivity contribution in [2.45, 2.75) is 70.7 Å². The molecule has 0 spiro atoms. The Morgan fingerprint density at radius 3 is 2.48 bits per heavy atom. The van der Waals surface area contributed by atoms with E-state index in [1.807, 2.05) is 11.3 Å². The van der Waals surface area contributed by atoms with Crippen molar-refractivity contribution in [1.29, 1.82) is 0 Å². The van der Waals surface area contributed by atoms with Gasteiger partial charge in [-0.2, -0.15) is 0 Å². The highest BCUT2D eigenvalue weighted by Crippen LogP contribution is 2.38. The van der Waals surface area contributed by atoms with Crippen molar-refractivity contribution in [2.75, 3.05) is 6.54 Å². The van der Waals surface area contributed by atoms with Gasteiger partial charge in [0.25, 0.3) is 0 Å². The molecule has 0 aromatic carbocycles. The number of fused-ring (bicyclic) bond motifs is 1. The second-order valence-corrected chi connectivity index (χ2v) is 8.81. The summed E-state index contributed by atoms with van der Waals surface area (Å²) in [6.45, 7) is 10.8. The summed E-state index contributed by atoms with van der Waals surface area (Å²) in [5.41, 5.74) is 1.01. The SMILES string of the molecule is CC1(C)OB(c2cc3c(s2)CCN(C2CC2)C3)OC1(C)C. The third-order valence-electron chi connectivity index (χ3n) is 5.46. The maximum absolute atomic E-state index is 6.19. The van der Waals surface area contributed by atoms with Gasteiger partial charge in [0.1, 0.15) is 0 Å². The van der Waals surface area contributed by atoms with Crippen LogP contribution in [0.15, 0.2) is 6.07 Å². The van der Waals surface area contributed by atoms with Gasteiger partial charge in [-0.15, -0.1) is 11.3 Å². The lowest BCUT2D eigenvalue weighted by Crippen LogP contribution is -2.41. The van der Waals surface area contributed by atoms with Gasteiger partial charge < -0.3 is 9.31 Å². The van der Waals surface area contributed by atoms with Gasteiger partial charge in [-0.25, -0.2) is 0 Å². The Kier molecular flexibility index (Phi) is 3.10. The first kappa shape index (κ1) is 14.3. The van der Waals surface area contributed by atoms with Crippen LogP contribution in [0.2, 0.25) is 0 Å². The fourth-order valence-corrected chi connectivity index (χ4v) is 4.33. The van der Waals surface area contributed by atoms with Gasteiger partial charge in [-0.05, 0) is 58.6 Å². The summed E-state index contributed by atoms with van der Waals surface area (Å²) in [6, 6.07) is 3.19. The number of rotatable bonds is 2. The van der Waals surface area contributed by atoms with Crippen LogP contribution >= 0.6 is 11.3 Å². The number of hydrogen-bond acceptors (Lipinski definition) is 4. The Hall–Kier alpha value is -0.355. The van der Waals surface area contributed by atoms with Crippen LogP contribution in [0.25, 0.3) is 0 Å². The molecule has 2 fully saturated rings. The van der Waals surface area contributed by atoms with Crippen LogP contribution in [0, 0.1) is 0 Å². The molecule has 0 bridgehead atoms. The molecule has 3 heterocycles. The molecule has 3 nitrogen and oxygen atoms in total. The molecular weight excluding hydrogens is 281 g/mol. The summed E-state index contributed by atoms with van der Waals surface area (Å²) in [7, 11) is -0.194. The molecule has 0 amide bonds. The second-order valence-electron chi connectivity index (χ2n) is 7.64. The zero-order valence-electron chi connectivity index (χ0n) is 13.4. The van der Waals surface area contributed by atoms with Gasteiger partial charge in [0.2, 0.25) is 0 Å². The first-order valence-corrected chi connectivity index (χ1v) is 8.88. The Bertz CT molecular complexity index is 549. The highest BCUT2D eigenvalue weighted by molar-refractivity contribution is 7.22. The molecule has 1 aromatic heterocycles. The van der Waals surface area contributed by atoms with Crippen LogP contribution in [0.5, 0.6) is 0 Å². The molecule has 0 atom stereocenters. The monoisotopic (exact) mass is 305 g/mol. The van der Waals surface area contributed by atoms with Crippen molar-refractivity contribution >= 4 is 23.2 Å². The van der Waals surface area contributed by atoms with E-state index >= 15 is 0 Å². The van der Waals surface area contributed by atoms with Gasteiger partial charge in [-0.1, -0.05) is 0 Å². The lowest BCUT2D eigenvalue weighted by atomic mass is 9.87. The van der Waals surface area contributed by atoms with Crippen LogP contribution in [0.3, 0.4) is 0 Å². The zero-order chi connectivity index (χ0) is 14.8. The lowest BCUT2D eigenvalue weighted by molar-refractivity contribution is 0.00578. The summed E-state index contributed by atoms with van der Waals surface area (Å²) in [5, 5.41) is 0. The summed E-state index contributed by atoms with van der Waals surface area (Å²) < 4.78 is 13.6. The smallest absolute Gasteiger partial charge is 0.399 e. The predicted molar refractivity (Wildman–Crippen MR) is 87.2 cm³/mol. The Morgan fingerprint density at radius 1 is 1.19 bits per heavy atom. The summed E-state index contributed by atoms with van der Waals surface area (Å²) in [6.07, 6.45) is 3.98. The van der Waals surface area contributed by atoms with E-state index in [-0.39, 0.29) is 18.3 Å². The molecule has 0 unspecified atom stereocenters. The average Bonchev–Trinajstić information content (AvgIpc) is 3.11. The van der Waals surface area contributed by atoms with Crippen LogP contribution in [0.4, 0.5) is 0 Å². The van der Waals surface area contributed by atoms with E-state index in [2.05, 4.69) is 38.7 Å². The van der Waals surface area contributed by atoms with E-state index in [4.69, 9.17) is 9.31 Å². The maximum atomic E-state index is 6.19. The minimum atomic E-state index is -0.248. The molecule has 4 rings (SSSR count).